The van der Waals surface area contributed by atoms with Gasteiger partial charge in [0.15, 0.2) is 0 Å². The number of amides is 1. The van der Waals surface area contributed by atoms with Crippen LogP contribution >= 0.6 is 15.9 Å². The summed E-state index contributed by atoms with van der Waals surface area (Å²) in [5.74, 6) is -0.411. The minimum Gasteiger partial charge on any atom is -0.468 e. The van der Waals surface area contributed by atoms with E-state index in [1.807, 2.05) is 31.2 Å². The Kier molecular flexibility index (Phi) is 6.67. The Bertz CT molecular complexity index is 479. The van der Waals surface area contributed by atoms with Crippen molar-refractivity contribution in [2.45, 2.75) is 24.7 Å². The number of alkyl halides is 1. The maximum Gasteiger partial charge on any atom is 0.320 e. The predicted molar refractivity (Wildman–Crippen MR) is 81.9 cm³/mol. The lowest BCUT2D eigenvalue weighted by molar-refractivity contribution is -0.139. The second kappa shape index (κ2) is 8.01. The van der Waals surface area contributed by atoms with Crippen molar-refractivity contribution in [2.75, 3.05) is 19.0 Å². The van der Waals surface area contributed by atoms with E-state index < -0.39 is 0 Å². The van der Waals surface area contributed by atoms with E-state index in [1.165, 1.54) is 14.0 Å². The predicted octanol–water partition coefficient (Wildman–Crippen LogP) is 2.23. The molecule has 2 unspecified atom stereocenters. The fourth-order valence-corrected chi connectivity index (χ4v) is 2.07. The van der Waals surface area contributed by atoms with Gasteiger partial charge in [-0.2, -0.15) is 0 Å². The monoisotopic (exact) mass is 342 g/mol. The molecule has 0 aliphatic heterocycles. The zero-order valence-corrected chi connectivity index (χ0v) is 13.4. The topological polar surface area (TPSA) is 67.4 Å². The molecule has 1 rings (SSSR count). The highest BCUT2D eigenvalue weighted by Gasteiger charge is 2.16. The molecular formula is C14H19BrN2O3. The molecule has 0 spiro atoms. The number of hydrogen-bond donors (Lipinski definition) is 2. The maximum absolute atomic E-state index is 11.3. The summed E-state index contributed by atoms with van der Waals surface area (Å²) in [6.07, 6.45) is 0. The maximum atomic E-state index is 11.3. The highest BCUT2D eigenvalue weighted by atomic mass is 79.9. The van der Waals surface area contributed by atoms with Crippen molar-refractivity contribution in [3.05, 3.63) is 29.8 Å². The Hall–Kier alpha value is -1.40. The average molecular weight is 343 g/mol. The summed E-state index contributed by atoms with van der Waals surface area (Å²) in [6.45, 7) is 3.92. The zero-order valence-electron chi connectivity index (χ0n) is 11.8. The highest BCUT2D eigenvalue weighted by Crippen LogP contribution is 2.17. The van der Waals surface area contributed by atoms with Crippen LogP contribution in [0.4, 0.5) is 5.69 Å². The van der Waals surface area contributed by atoms with Gasteiger partial charge < -0.3 is 15.4 Å². The minimum absolute atomic E-state index is 0.0495. The van der Waals surface area contributed by atoms with Crippen molar-refractivity contribution >= 4 is 33.5 Å². The fourth-order valence-electron chi connectivity index (χ4n) is 1.70. The van der Waals surface area contributed by atoms with E-state index in [0.717, 1.165) is 11.3 Å². The number of carbonyl (C=O) groups is 2. The number of ether oxygens (including phenoxy) is 1. The van der Waals surface area contributed by atoms with Gasteiger partial charge in [0, 0.05) is 25.2 Å². The molecule has 0 saturated heterocycles. The van der Waals surface area contributed by atoms with Crippen molar-refractivity contribution in [1.29, 1.82) is 0 Å². The molecule has 2 atom stereocenters. The van der Waals surface area contributed by atoms with E-state index in [4.69, 9.17) is 0 Å². The lowest BCUT2D eigenvalue weighted by Crippen LogP contribution is -2.31. The van der Waals surface area contributed by atoms with Gasteiger partial charge in [0.1, 0.15) is 4.83 Å². The van der Waals surface area contributed by atoms with E-state index in [1.54, 1.807) is 0 Å². The third-order valence-electron chi connectivity index (χ3n) is 2.77. The van der Waals surface area contributed by atoms with Crippen LogP contribution in [-0.2, 0) is 14.3 Å². The molecule has 2 N–H and O–H groups in total. The van der Waals surface area contributed by atoms with Gasteiger partial charge >= 0.3 is 5.97 Å². The molecule has 0 saturated carbocycles. The first kappa shape index (κ1) is 16.7. The van der Waals surface area contributed by atoms with Crippen LogP contribution in [0.1, 0.15) is 25.5 Å². The summed E-state index contributed by atoms with van der Waals surface area (Å²) in [4.78, 5) is 21.9. The third kappa shape index (κ3) is 5.30. The van der Waals surface area contributed by atoms with Crippen LogP contribution < -0.4 is 10.6 Å². The van der Waals surface area contributed by atoms with Crippen LogP contribution in [-0.4, -0.2) is 30.4 Å². The number of halogens is 1. The lowest BCUT2D eigenvalue weighted by Gasteiger charge is -2.17. The number of rotatable bonds is 6. The first-order valence-electron chi connectivity index (χ1n) is 6.27. The Morgan fingerprint density at radius 2 is 2.10 bits per heavy atom. The lowest BCUT2D eigenvalue weighted by atomic mass is 10.1. The molecular weight excluding hydrogens is 324 g/mol. The second-order valence-corrected chi connectivity index (χ2v) is 5.53. The van der Waals surface area contributed by atoms with Crippen LogP contribution in [0.3, 0.4) is 0 Å². The van der Waals surface area contributed by atoms with Gasteiger partial charge in [-0.3, -0.25) is 9.59 Å². The molecule has 0 radical (unpaired) electrons. The molecule has 0 aliphatic carbocycles. The van der Waals surface area contributed by atoms with E-state index in [-0.39, 0.29) is 22.7 Å². The van der Waals surface area contributed by atoms with E-state index in [2.05, 4.69) is 31.3 Å². The van der Waals surface area contributed by atoms with Gasteiger partial charge in [0.25, 0.3) is 0 Å². The SMILES string of the molecule is COC(=O)C(Br)CNC(C)c1cccc(NC(C)=O)c1. The summed E-state index contributed by atoms with van der Waals surface area (Å²) < 4.78 is 4.64. The molecule has 0 fully saturated rings. The molecule has 6 heteroatoms. The Balaban J connectivity index is 2.61. The largest absolute Gasteiger partial charge is 0.468 e. The second-order valence-electron chi connectivity index (χ2n) is 4.43. The molecule has 1 aromatic rings. The summed E-state index contributed by atoms with van der Waals surface area (Å²) in [6, 6.07) is 7.63. The van der Waals surface area contributed by atoms with Crippen LogP contribution in [0, 0.1) is 0 Å². The van der Waals surface area contributed by atoms with Gasteiger partial charge in [0.05, 0.1) is 7.11 Å². The van der Waals surface area contributed by atoms with Gasteiger partial charge in [-0.15, -0.1) is 0 Å². The van der Waals surface area contributed by atoms with Crippen molar-refractivity contribution < 1.29 is 14.3 Å². The Morgan fingerprint density at radius 1 is 1.40 bits per heavy atom. The van der Waals surface area contributed by atoms with Crippen molar-refractivity contribution in [3.8, 4) is 0 Å². The number of hydrogen-bond acceptors (Lipinski definition) is 4. The number of anilines is 1. The quantitative estimate of drug-likeness (QED) is 0.614. The Labute approximate surface area is 127 Å². The minimum atomic E-state index is -0.381. The van der Waals surface area contributed by atoms with Crippen molar-refractivity contribution in [2.24, 2.45) is 0 Å². The summed E-state index contributed by atoms with van der Waals surface area (Å²) in [7, 11) is 1.36. The van der Waals surface area contributed by atoms with Gasteiger partial charge in [-0.05, 0) is 24.6 Å². The smallest absolute Gasteiger partial charge is 0.320 e. The van der Waals surface area contributed by atoms with Gasteiger partial charge in [0.2, 0.25) is 5.91 Å². The van der Waals surface area contributed by atoms with Gasteiger partial charge in [-0.25, -0.2) is 0 Å². The normalized spacial score (nSPS) is 13.4. The average Bonchev–Trinajstić information content (AvgIpc) is 2.43. The molecule has 20 heavy (non-hydrogen) atoms. The molecule has 0 bridgehead atoms. The number of esters is 1. The molecule has 0 aromatic heterocycles. The van der Waals surface area contributed by atoms with E-state index in [9.17, 15) is 9.59 Å². The first-order valence-corrected chi connectivity index (χ1v) is 7.18. The standard InChI is InChI=1S/C14H19BrN2O3/c1-9(16-8-13(15)14(19)20-3)11-5-4-6-12(7-11)17-10(2)18/h4-7,9,13,16H,8H2,1-3H3,(H,17,18). The fraction of sp³-hybridized carbons (Fsp3) is 0.429. The van der Waals surface area contributed by atoms with Crippen molar-refractivity contribution in [1.82, 2.24) is 5.32 Å². The molecule has 0 heterocycles. The summed E-state index contributed by atoms with van der Waals surface area (Å²) >= 11 is 3.26. The molecule has 1 amide bonds. The zero-order chi connectivity index (χ0) is 15.1. The number of carbonyl (C=O) groups excluding carboxylic acids is 2. The molecule has 0 aliphatic rings. The molecule has 110 valence electrons. The first-order chi connectivity index (χ1) is 9.43. The summed E-state index contributed by atoms with van der Waals surface area (Å²) in [5.41, 5.74) is 1.79. The van der Waals surface area contributed by atoms with Crippen LogP contribution in [0.25, 0.3) is 0 Å². The van der Waals surface area contributed by atoms with Gasteiger partial charge in [-0.1, -0.05) is 28.1 Å². The van der Waals surface area contributed by atoms with Crippen LogP contribution in [0.5, 0.6) is 0 Å². The van der Waals surface area contributed by atoms with Crippen LogP contribution in [0.15, 0.2) is 24.3 Å². The number of methoxy groups -OCH3 is 1. The van der Waals surface area contributed by atoms with E-state index >= 15 is 0 Å². The van der Waals surface area contributed by atoms with E-state index in [0.29, 0.717) is 6.54 Å². The van der Waals surface area contributed by atoms with Crippen molar-refractivity contribution in [3.63, 3.8) is 0 Å². The highest BCUT2D eigenvalue weighted by molar-refractivity contribution is 9.10. The third-order valence-corrected chi connectivity index (χ3v) is 3.46. The number of benzene rings is 1. The van der Waals surface area contributed by atoms with Crippen LogP contribution in [0.2, 0.25) is 0 Å². The summed E-state index contributed by atoms with van der Waals surface area (Å²) in [5, 5.41) is 5.98. The molecule has 5 nitrogen and oxygen atoms in total. The number of nitrogens with one attached hydrogen (secondary N) is 2. The molecule has 1 aromatic carbocycles. The Morgan fingerprint density at radius 3 is 2.70 bits per heavy atom.